The Hall–Kier alpha value is -3.19. The standard InChI is InChI=1S/C15H10N4O5S/c1-7-10(16-6-20)8(25-19-7)2-3-9-17-11-12(23-9)24-13(18-11)15(4-5-15)14(21)22/h6H,4-5H2,1H3,(H,16,20)(H,21,22). The molecule has 1 amide bonds. The fourth-order valence-corrected chi connectivity index (χ4v) is 3.05. The van der Waals surface area contributed by atoms with Crippen molar-refractivity contribution in [3.63, 3.8) is 0 Å². The van der Waals surface area contributed by atoms with Gasteiger partial charge in [0.1, 0.15) is 10.3 Å². The first kappa shape index (κ1) is 15.3. The molecule has 1 saturated carbocycles. The number of amides is 1. The smallest absolute Gasteiger partial charge is 0.340 e. The molecule has 3 aromatic rings. The van der Waals surface area contributed by atoms with Crippen LogP contribution in [-0.2, 0) is 15.0 Å². The molecule has 126 valence electrons. The minimum Gasteiger partial charge on any atom is -0.480 e. The van der Waals surface area contributed by atoms with E-state index in [2.05, 4.69) is 31.5 Å². The van der Waals surface area contributed by atoms with E-state index in [0.717, 1.165) is 11.5 Å². The maximum Gasteiger partial charge on any atom is 0.340 e. The van der Waals surface area contributed by atoms with Crippen LogP contribution in [0.5, 0.6) is 0 Å². The van der Waals surface area contributed by atoms with Crippen molar-refractivity contribution < 1.29 is 23.5 Å². The average Bonchev–Trinajstić information content (AvgIpc) is 3.01. The van der Waals surface area contributed by atoms with Crippen LogP contribution in [0.2, 0.25) is 0 Å². The van der Waals surface area contributed by atoms with Crippen LogP contribution in [-0.4, -0.2) is 31.8 Å². The van der Waals surface area contributed by atoms with Crippen molar-refractivity contribution in [1.82, 2.24) is 14.3 Å². The SMILES string of the molecule is Cc1nsc(C#Cc2nc3nc(C4(C(=O)O)CC4)oc3o2)c1NC=O. The molecule has 0 bridgehead atoms. The first-order valence-electron chi connectivity index (χ1n) is 7.23. The third-order valence-corrected chi connectivity index (χ3v) is 4.75. The van der Waals surface area contributed by atoms with E-state index < -0.39 is 11.4 Å². The lowest BCUT2D eigenvalue weighted by Crippen LogP contribution is -2.19. The normalized spacial score (nSPS) is 14.8. The molecule has 0 radical (unpaired) electrons. The van der Waals surface area contributed by atoms with Gasteiger partial charge in [-0.05, 0) is 43.1 Å². The van der Waals surface area contributed by atoms with Gasteiger partial charge in [-0.25, -0.2) is 0 Å². The molecule has 3 aromatic heterocycles. The van der Waals surface area contributed by atoms with Crippen LogP contribution >= 0.6 is 11.5 Å². The molecule has 1 aliphatic carbocycles. The molecule has 10 heteroatoms. The van der Waals surface area contributed by atoms with Crippen molar-refractivity contribution in [3.05, 3.63) is 22.4 Å². The molecular formula is C15H10N4O5S. The lowest BCUT2D eigenvalue weighted by atomic mass is 10.1. The number of carbonyl (C=O) groups excluding carboxylic acids is 1. The Balaban J connectivity index is 1.63. The Bertz CT molecular complexity index is 1030. The van der Waals surface area contributed by atoms with Crippen molar-refractivity contribution in [2.75, 3.05) is 5.32 Å². The van der Waals surface area contributed by atoms with Gasteiger partial charge in [0.05, 0.1) is 11.4 Å². The highest BCUT2D eigenvalue weighted by Crippen LogP contribution is 2.48. The third kappa shape index (κ3) is 2.45. The summed E-state index contributed by atoms with van der Waals surface area (Å²) in [7, 11) is 0. The Labute approximate surface area is 144 Å². The summed E-state index contributed by atoms with van der Waals surface area (Å²) in [5.74, 6) is 4.80. The zero-order valence-corrected chi connectivity index (χ0v) is 13.6. The quantitative estimate of drug-likeness (QED) is 0.532. The number of aliphatic carboxylic acids is 1. The maximum atomic E-state index is 11.3. The Kier molecular flexibility index (Phi) is 3.33. The van der Waals surface area contributed by atoms with E-state index in [1.54, 1.807) is 6.92 Å². The van der Waals surface area contributed by atoms with Gasteiger partial charge >= 0.3 is 11.7 Å². The first-order chi connectivity index (χ1) is 12.0. The largest absolute Gasteiger partial charge is 0.480 e. The lowest BCUT2D eigenvalue weighted by molar-refractivity contribution is -0.140. The van der Waals surface area contributed by atoms with Gasteiger partial charge < -0.3 is 19.3 Å². The number of hydrogen-bond acceptors (Lipinski definition) is 8. The molecule has 2 N–H and O–H groups in total. The van der Waals surface area contributed by atoms with Gasteiger partial charge in [0.15, 0.2) is 0 Å². The minimum atomic E-state index is -1.05. The van der Waals surface area contributed by atoms with Crippen LogP contribution in [0.25, 0.3) is 11.4 Å². The molecular weight excluding hydrogens is 348 g/mol. The van der Waals surface area contributed by atoms with E-state index in [0.29, 0.717) is 35.5 Å². The van der Waals surface area contributed by atoms with Crippen molar-refractivity contribution in [2.24, 2.45) is 0 Å². The second-order valence-corrected chi connectivity index (χ2v) is 6.29. The summed E-state index contributed by atoms with van der Waals surface area (Å²) in [6.45, 7) is 1.76. The van der Waals surface area contributed by atoms with Gasteiger partial charge in [0.25, 0.3) is 5.89 Å². The molecule has 0 spiro atoms. The molecule has 25 heavy (non-hydrogen) atoms. The summed E-state index contributed by atoms with van der Waals surface area (Å²) in [5.41, 5.74) is 0.334. The Morgan fingerprint density at radius 2 is 2.16 bits per heavy atom. The number of aromatic nitrogens is 3. The Morgan fingerprint density at radius 1 is 1.36 bits per heavy atom. The number of aryl methyl sites for hydroxylation is 1. The number of carbonyl (C=O) groups is 2. The summed E-state index contributed by atoms with van der Waals surface area (Å²) in [6, 6.07) is 0. The zero-order valence-electron chi connectivity index (χ0n) is 12.8. The molecule has 1 fully saturated rings. The van der Waals surface area contributed by atoms with Crippen LogP contribution in [0, 0.1) is 18.8 Å². The van der Waals surface area contributed by atoms with Crippen LogP contribution in [0.4, 0.5) is 5.69 Å². The number of rotatable bonds is 4. The van der Waals surface area contributed by atoms with Gasteiger partial charge in [-0.15, -0.1) is 0 Å². The number of hydrogen-bond donors (Lipinski definition) is 2. The van der Waals surface area contributed by atoms with Crippen LogP contribution < -0.4 is 5.32 Å². The topological polar surface area (TPSA) is 131 Å². The fraction of sp³-hybridized carbons (Fsp3) is 0.267. The number of anilines is 1. The number of nitrogens with zero attached hydrogens (tertiary/aromatic N) is 3. The second kappa shape index (κ2) is 5.42. The van der Waals surface area contributed by atoms with E-state index in [-0.39, 0.29) is 23.2 Å². The molecule has 0 saturated heterocycles. The van der Waals surface area contributed by atoms with Crippen molar-refractivity contribution in [2.45, 2.75) is 25.2 Å². The van der Waals surface area contributed by atoms with Crippen LogP contribution in [0.15, 0.2) is 8.83 Å². The van der Waals surface area contributed by atoms with Crippen LogP contribution in [0.3, 0.4) is 0 Å². The Morgan fingerprint density at radius 3 is 2.80 bits per heavy atom. The molecule has 1 aliphatic rings. The zero-order chi connectivity index (χ0) is 17.6. The van der Waals surface area contributed by atoms with E-state index in [9.17, 15) is 14.7 Å². The van der Waals surface area contributed by atoms with Gasteiger partial charge in [0.2, 0.25) is 17.9 Å². The lowest BCUT2D eigenvalue weighted by Gasteiger charge is -2.01. The molecule has 0 aromatic carbocycles. The predicted octanol–water partition coefficient (Wildman–Crippen LogP) is 1.67. The van der Waals surface area contributed by atoms with Gasteiger partial charge in [0, 0.05) is 0 Å². The van der Waals surface area contributed by atoms with E-state index >= 15 is 0 Å². The van der Waals surface area contributed by atoms with Gasteiger partial charge in [-0.1, -0.05) is 0 Å². The van der Waals surface area contributed by atoms with Crippen molar-refractivity contribution in [1.29, 1.82) is 0 Å². The molecule has 9 nitrogen and oxygen atoms in total. The summed E-state index contributed by atoms with van der Waals surface area (Å²) >= 11 is 1.14. The second-order valence-electron chi connectivity index (χ2n) is 5.52. The molecule has 0 unspecified atom stereocenters. The maximum absolute atomic E-state index is 11.3. The molecule has 0 atom stereocenters. The third-order valence-electron chi connectivity index (χ3n) is 3.89. The minimum absolute atomic E-state index is 0.0403. The predicted molar refractivity (Wildman–Crippen MR) is 85.1 cm³/mol. The summed E-state index contributed by atoms with van der Waals surface area (Å²) in [5, 5.41) is 11.8. The van der Waals surface area contributed by atoms with Gasteiger partial charge in [-0.2, -0.15) is 14.3 Å². The molecule has 3 heterocycles. The first-order valence-corrected chi connectivity index (χ1v) is 8.00. The van der Waals surface area contributed by atoms with E-state index in [1.165, 1.54) is 0 Å². The highest BCUT2D eigenvalue weighted by molar-refractivity contribution is 7.07. The van der Waals surface area contributed by atoms with E-state index in [4.69, 9.17) is 8.83 Å². The summed E-state index contributed by atoms with van der Waals surface area (Å²) in [4.78, 5) is 30.7. The number of carboxylic acids is 1. The van der Waals surface area contributed by atoms with Crippen molar-refractivity contribution >= 4 is 41.0 Å². The van der Waals surface area contributed by atoms with Crippen molar-refractivity contribution in [3.8, 4) is 11.8 Å². The molecule has 4 rings (SSSR count). The summed E-state index contributed by atoms with van der Waals surface area (Å²) in [6.07, 6.45) is 1.52. The van der Waals surface area contributed by atoms with Crippen LogP contribution in [0.1, 0.15) is 35.2 Å². The number of oxazole rings is 2. The number of fused-ring (bicyclic) bond motifs is 1. The monoisotopic (exact) mass is 358 g/mol. The highest BCUT2D eigenvalue weighted by atomic mass is 32.1. The highest BCUT2D eigenvalue weighted by Gasteiger charge is 2.56. The summed E-state index contributed by atoms with van der Waals surface area (Å²) < 4.78 is 14.9. The number of nitrogens with one attached hydrogen (secondary N) is 1. The van der Waals surface area contributed by atoms with Gasteiger partial charge in [-0.3, -0.25) is 9.59 Å². The number of carboxylic acid groups (broad SMARTS) is 1. The molecule has 0 aliphatic heterocycles. The van der Waals surface area contributed by atoms with E-state index in [1.807, 2.05) is 0 Å². The average molecular weight is 358 g/mol. The fourth-order valence-electron chi connectivity index (χ4n) is 2.34.